The van der Waals surface area contributed by atoms with E-state index in [1.807, 2.05) is 24.9 Å². The van der Waals surface area contributed by atoms with Gasteiger partial charge in [0.15, 0.2) is 5.82 Å². The summed E-state index contributed by atoms with van der Waals surface area (Å²) in [5, 5.41) is 12.2. The summed E-state index contributed by atoms with van der Waals surface area (Å²) in [7, 11) is 3.31. The van der Waals surface area contributed by atoms with E-state index in [1.165, 1.54) is 7.05 Å². The van der Waals surface area contributed by atoms with Crippen LogP contribution in [0.2, 0.25) is 0 Å². The molecule has 3 N–H and O–H groups in total. The maximum atomic E-state index is 11.9. The van der Waals surface area contributed by atoms with E-state index in [2.05, 4.69) is 30.9 Å². The van der Waals surface area contributed by atoms with Crippen molar-refractivity contribution in [3.8, 4) is 0 Å². The zero-order chi connectivity index (χ0) is 24.2. The predicted molar refractivity (Wildman–Crippen MR) is 116 cm³/mol. The molecule has 10 nitrogen and oxygen atoms in total. The number of nitrogens with zero attached hydrogens (tertiary/aromatic N) is 5. The molecule has 1 aliphatic rings. The Kier molecular flexibility index (Phi) is 5.65. The lowest BCUT2D eigenvalue weighted by Crippen LogP contribution is -2.46. The number of anilines is 2. The molecule has 0 unspecified atom stereocenters. The largest absolute Gasteiger partial charge is 0.368 e. The van der Waals surface area contributed by atoms with Gasteiger partial charge in [0.2, 0.25) is 0 Å². The minimum absolute atomic E-state index is 0.0650. The Morgan fingerprint density at radius 3 is 2.67 bits per heavy atom. The average molecular weight is 418 g/mol. The highest BCUT2D eigenvalue weighted by Gasteiger charge is 2.21. The number of carbonyl (C=O) groups is 2. The first-order valence-corrected chi connectivity index (χ1v) is 9.91. The molecule has 0 saturated carbocycles. The van der Waals surface area contributed by atoms with Gasteiger partial charge in [-0.25, -0.2) is 9.78 Å². The number of carbonyl (C=O) groups excluding carboxylic acids is 2. The van der Waals surface area contributed by atoms with Gasteiger partial charge in [-0.1, -0.05) is 0 Å². The number of piperazine rings is 1. The van der Waals surface area contributed by atoms with Crippen LogP contribution in [0.3, 0.4) is 0 Å². The summed E-state index contributed by atoms with van der Waals surface area (Å²) in [4.78, 5) is 32.0. The van der Waals surface area contributed by atoms with Crippen molar-refractivity contribution in [1.82, 2.24) is 30.3 Å². The molecule has 0 bridgehead atoms. The van der Waals surface area contributed by atoms with Gasteiger partial charge in [0, 0.05) is 63.5 Å². The Labute approximate surface area is 180 Å². The van der Waals surface area contributed by atoms with Gasteiger partial charge in [0.1, 0.15) is 5.69 Å². The fraction of sp³-hybridized carbons (Fsp3) is 0.500. The summed E-state index contributed by atoms with van der Waals surface area (Å²) in [6, 6.07) is 4.76. The summed E-state index contributed by atoms with van der Waals surface area (Å²) >= 11 is 0. The third-order valence-corrected chi connectivity index (χ3v) is 4.99. The number of urea groups is 1. The topological polar surface area (TPSA) is 107 Å². The molecule has 0 aliphatic carbocycles. The van der Waals surface area contributed by atoms with Crippen molar-refractivity contribution in [3.05, 3.63) is 35.3 Å². The number of nitrogens with one attached hydrogen (secondary N) is 3. The number of pyridine rings is 1. The fourth-order valence-corrected chi connectivity index (χ4v) is 3.37. The number of hydrogen-bond acceptors (Lipinski definition) is 6. The van der Waals surface area contributed by atoms with Crippen LogP contribution < -0.4 is 20.9 Å². The highest BCUT2D eigenvalue weighted by molar-refractivity contribution is 5.92. The van der Waals surface area contributed by atoms with Crippen molar-refractivity contribution >= 4 is 23.4 Å². The molecule has 3 amide bonds. The normalized spacial score (nSPS) is 16.4. The molecule has 10 heteroatoms. The summed E-state index contributed by atoms with van der Waals surface area (Å²) in [5.74, 6) is 0.0655. The average Bonchev–Trinajstić information content (AvgIpc) is 3.11. The van der Waals surface area contributed by atoms with E-state index in [0.717, 1.165) is 5.69 Å². The van der Waals surface area contributed by atoms with E-state index in [-0.39, 0.29) is 17.4 Å². The molecule has 0 aromatic carbocycles. The van der Waals surface area contributed by atoms with Gasteiger partial charge in [-0.3, -0.25) is 19.7 Å². The van der Waals surface area contributed by atoms with E-state index < -0.39 is 12.8 Å². The van der Waals surface area contributed by atoms with Crippen molar-refractivity contribution in [3.63, 3.8) is 0 Å². The number of aromatic nitrogens is 3. The maximum Gasteiger partial charge on any atom is 0.320 e. The summed E-state index contributed by atoms with van der Waals surface area (Å²) in [5.41, 5.74) is 1.50. The SMILES string of the molecule is [2H]C([2H])([2H])c1nc(C(=O)NC)ccc1N1CCN(Cc2cc(NC(=O)NCC)nn2C)CC1. The van der Waals surface area contributed by atoms with Gasteiger partial charge < -0.3 is 15.5 Å². The lowest BCUT2D eigenvalue weighted by atomic mass is 10.2. The predicted octanol–water partition coefficient (Wildman–Crippen LogP) is 0.947. The monoisotopic (exact) mass is 417 g/mol. The summed E-state index contributed by atoms with van der Waals surface area (Å²) in [6.07, 6.45) is 0. The molecule has 1 aliphatic heterocycles. The van der Waals surface area contributed by atoms with E-state index in [4.69, 9.17) is 4.11 Å². The van der Waals surface area contributed by atoms with Crippen molar-refractivity contribution in [1.29, 1.82) is 0 Å². The highest BCUT2D eigenvalue weighted by Crippen LogP contribution is 2.21. The lowest BCUT2D eigenvalue weighted by Gasteiger charge is -2.36. The molecular formula is C20H30N8O2. The number of aryl methyl sites for hydroxylation is 2. The molecule has 2 aromatic heterocycles. The molecule has 30 heavy (non-hydrogen) atoms. The highest BCUT2D eigenvalue weighted by atomic mass is 16.2. The Morgan fingerprint density at radius 2 is 2.00 bits per heavy atom. The molecule has 0 spiro atoms. The van der Waals surface area contributed by atoms with E-state index in [0.29, 0.717) is 50.8 Å². The maximum absolute atomic E-state index is 11.9. The van der Waals surface area contributed by atoms with Crippen LogP contribution in [0.5, 0.6) is 0 Å². The van der Waals surface area contributed by atoms with Crippen molar-refractivity contribution in [2.24, 2.45) is 7.05 Å². The first-order chi connectivity index (χ1) is 15.6. The van der Waals surface area contributed by atoms with Crippen LogP contribution >= 0.6 is 0 Å². The molecular weight excluding hydrogens is 384 g/mol. The van der Waals surface area contributed by atoms with Crippen molar-refractivity contribution in [2.45, 2.75) is 20.3 Å². The van der Waals surface area contributed by atoms with Gasteiger partial charge in [0.25, 0.3) is 5.91 Å². The zero-order valence-corrected chi connectivity index (χ0v) is 17.5. The van der Waals surface area contributed by atoms with Crippen LogP contribution in [0, 0.1) is 6.85 Å². The minimum atomic E-state index is -2.43. The van der Waals surface area contributed by atoms with Crippen LogP contribution in [-0.2, 0) is 13.6 Å². The second kappa shape index (κ2) is 9.57. The molecule has 3 heterocycles. The van der Waals surface area contributed by atoms with E-state index in [1.54, 1.807) is 16.8 Å². The van der Waals surface area contributed by atoms with Crippen LogP contribution in [-0.4, -0.2) is 71.4 Å². The Hall–Kier alpha value is -3.14. The van der Waals surface area contributed by atoms with Crippen LogP contribution in [0.4, 0.5) is 16.3 Å². The molecule has 0 atom stereocenters. The molecule has 3 rings (SSSR count). The van der Waals surface area contributed by atoms with E-state index >= 15 is 0 Å². The molecule has 1 saturated heterocycles. The first-order valence-electron chi connectivity index (χ1n) is 11.4. The first kappa shape index (κ1) is 17.7. The second-order valence-corrected chi connectivity index (χ2v) is 7.04. The van der Waals surface area contributed by atoms with Gasteiger partial charge in [-0.2, -0.15) is 5.10 Å². The summed E-state index contributed by atoms with van der Waals surface area (Å²) < 4.78 is 25.4. The Morgan fingerprint density at radius 1 is 1.23 bits per heavy atom. The van der Waals surface area contributed by atoms with Crippen molar-refractivity contribution in [2.75, 3.05) is 50.0 Å². The van der Waals surface area contributed by atoms with Gasteiger partial charge in [-0.05, 0) is 25.9 Å². The third kappa shape index (κ3) is 5.07. The Bertz CT molecular complexity index is 1000. The molecule has 0 radical (unpaired) electrons. The lowest BCUT2D eigenvalue weighted by molar-refractivity contribution is 0.0958. The number of hydrogen-bond donors (Lipinski definition) is 3. The second-order valence-electron chi connectivity index (χ2n) is 7.04. The smallest absolute Gasteiger partial charge is 0.320 e. The minimum Gasteiger partial charge on any atom is -0.368 e. The van der Waals surface area contributed by atoms with Gasteiger partial charge >= 0.3 is 6.03 Å². The van der Waals surface area contributed by atoms with Crippen molar-refractivity contribution < 1.29 is 13.7 Å². The van der Waals surface area contributed by atoms with Gasteiger partial charge in [-0.15, -0.1) is 0 Å². The van der Waals surface area contributed by atoms with E-state index in [9.17, 15) is 9.59 Å². The quantitative estimate of drug-likeness (QED) is 0.646. The standard InChI is InChI=1S/C20H30N8O2/c1-5-22-20(30)24-18-12-15(26(4)25-18)13-27-8-10-28(11-9-27)17-7-6-16(19(29)21-3)23-14(17)2/h6-7,12H,5,8-11,13H2,1-4H3,(H,21,29)(H2,22,24,25,30)/i2D3. The fourth-order valence-electron chi connectivity index (χ4n) is 3.37. The Balaban J connectivity index is 1.66. The third-order valence-electron chi connectivity index (χ3n) is 4.99. The summed E-state index contributed by atoms with van der Waals surface area (Å²) in [6.45, 7) is 3.24. The van der Waals surface area contributed by atoms with Gasteiger partial charge in [0.05, 0.1) is 17.1 Å². The molecule has 162 valence electrons. The van der Waals surface area contributed by atoms with Crippen LogP contribution in [0.1, 0.15) is 32.9 Å². The zero-order valence-electron chi connectivity index (χ0n) is 20.5. The van der Waals surface area contributed by atoms with Crippen LogP contribution in [0.15, 0.2) is 18.2 Å². The van der Waals surface area contributed by atoms with Crippen LogP contribution in [0.25, 0.3) is 0 Å². The molecule has 1 fully saturated rings. The number of rotatable bonds is 6. The number of amides is 3. The molecule has 2 aromatic rings.